The molecule has 4 fully saturated rings. The molecule has 5 rings (SSSR count). The standard InChI is InChI=1S/C24H34N2O2/c1-28-17-20-16-26(21-8-5-9-21)18-23(20)12-14-25(15-13-23)22(27)24(10-11-24)19-6-3-2-4-7-19/h2-4,6-7,20-21H,5,8-18H2,1H3. The number of amides is 1. The van der Waals surface area contributed by atoms with Crippen molar-refractivity contribution < 1.29 is 9.53 Å². The molecule has 1 amide bonds. The number of carbonyl (C=O) groups excluding carboxylic acids is 1. The van der Waals surface area contributed by atoms with Gasteiger partial charge in [0.25, 0.3) is 0 Å². The Hall–Kier alpha value is -1.39. The van der Waals surface area contributed by atoms with E-state index in [0.29, 0.717) is 17.2 Å². The summed E-state index contributed by atoms with van der Waals surface area (Å²) in [6.45, 7) is 5.13. The normalized spacial score (nSPS) is 29.0. The number of likely N-dealkylation sites (tertiary alicyclic amines) is 2. The lowest BCUT2D eigenvalue weighted by Crippen LogP contribution is -2.50. The van der Waals surface area contributed by atoms with Crippen LogP contribution in [0.5, 0.6) is 0 Å². The third-order valence-corrected chi connectivity index (χ3v) is 8.33. The largest absolute Gasteiger partial charge is 0.384 e. The third kappa shape index (κ3) is 3.00. The van der Waals surface area contributed by atoms with Crippen molar-refractivity contribution in [1.29, 1.82) is 0 Å². The van der Waals surface area contributed by atoms with Gasteiger partial charge in [0.2, 0.25) is 5.91 Å². The van der Waals surface area contributed by atoms with Crippen LogP contribution in [-0.4, -0.2) is 61.6 Å². The van der Waals surface area contributed by atoms with E-state index in [0.717, 1.165) is 51.4 Å². The zero-order valence-corrected chi connectivity index (χ0v) is 17.2. The lowest BCUT2D eigenvalue weighted by molar-refractivity contribution is -0.136. The molecule has 1 unspecified atom stereocenters. The van der Waals surface area contributed by atoms with Gasteiger partial charge in [0.15, 0.2) is 0 Å². The molecule has 0 radical (unpaired) electrons. The second kappa shape index (κ2) is 7.14. The summed E-state index contributed by atoms with van der Waals surface area (Å²) >= 11 is 0. The maximum absolute atomic E-state index is 13.4. The minimum atomic E-state index is -0.217. The molecule has 1 atom stereocenters. The van der Waals surface area contributed by atoms with E-state index in [9.17, 15) is 4.79 Å². The summed E-state index contributed by atoms with van der Waals surface area (Å²) in [5.74, 6) is 1.00. The van der Waals surface area contributed by atoms with Crippen LogP contribution in [0.25, 0.3) is 0 Å². The van der Waals surface area contributed by atoms with Gasteiger partial charge in [0.1, 0.15) is 0 Å². The molecule has 0 N–H and O–H groups in total. The summed E-state index contributed by atoms with van der Waals surface area (Å²) in [5, 5.41) is 0. The highest BCUT2D eigenvalue weighted by Gasteiger charge is 2.55. The fourth-order valence-corrected chi connectivity index (χ4v) is 6.07. The van der Waals surface area contributed by atoms with Crippen LogP contribution in [0.3, 0.4) is 0 Å². The maximum atomic E-state index is 13.4. The Morgan fingerprint density at radius 3 is 2.39 bits per heavy atom. The SMILES string of the molecule is COCC1CN(C2CCC2)CC12CCN(C(=O)C1(c3ccccc3)CC1)CC2. The van der Waals surface area contributed by atoms with Gasteiger partial charge in [0, 0.05) is 45.2 Å². The quantitative estimate of drug-likeness (QED) is 0.782. The zero-order valence-electron chi connectivity index (χ0n) is 17.2. The van der Waals surface area contributed by atoms with Gasteiger partial charge < -0.3 is 9.64 Å². The number of nitrogens with zero attached hydrogens (tertiary/aromatic N) is 2. The summed E-state index contributed by atoms with van der Waals surface area (Å²) < 4.78 is 5.62. The topological polar surface area (TPSA) is 32.8 Å². The van der Waals surface area contributed by atoms with Gasteiger partial charge in [-0.15, -0.1) is 0 Å². The molecule has 1 spiro atoms. The Morgan fingerprint density at radius 2 is 1.82 bits per heavy atom. The van der Waals surface area contributed by atoms with Crippen molar-refractivity contribution >= 4 is 5.91 Å². The first-order valence-corrected chi connectivity index (χ1v) is 11.2. The molecule has 28 heavy (non-hydrogen) atoms. The smallest absolute Gasteiger partial charge is 0.233 e. The minimum Gasteiger partial charge on any atom is -0.384 e. The molecule has 4 heteroatoms. The average molecular weight is 383 g/mol. The molecule has 2 saturated carbocycles. The van der Waals surface area contributed by atoms with Crippen molar-refractivity contribution in [3.8, 4) is 0 Å². The van der Waals surface area contributed by atoms with Crippen molar-refractivity contribution in [2.45, 2.75) is 56.4 Å². The fraction of sp³-hybridized carbons (Fsp3) is 0.708. The second-order valence-electron chi connectivity index (χ2n) is 9.77. The molecule has 4 aliphatic rings. The number of ether oxygens (including phenoxy) is 1. The minimum absolute atomic E-state index is 0.217. The van der Waals surface area contributed by atoms with Gasteiger partial charge in [-0.2, -0.15) is 0 Å². The van der Waals surface area contributed by atoms with Crippen LogP contribution in [0, 0.1) is 11.3 Å². The van der Waals surface area contributed by atoms with E-state index in [1.807, 2.05) is 13.2 Å². The van der Waals surface area contributed by atoms with Gasteiger partial charge in [-0.3, -0.25) is 9.69 Å². The molecule has 2 aliphatic carbocycles. The molecule has 2 aliphatic heterocycles. The molecule has 4 nitrogen and oxygen atoms in total. The Bertz CT molecular complexity index is 703. The number of benzene rings is 1. The van der Waals surface area contributed by atoms with Crippen molar-refractivity contribution in [1.82, 2.24) is 9.80 Å². The summed E-state index contributed by atoms with van der Waals surface area (Å²) in [7, 11) is 1.84. The first-order chi connectivity index (χ1) is 13.7. The summed E-state index contributed by atoms with van der Waals surface area (Å²) in [6.07, 6.45) is 8.45. The number of hydrogen-bond donors (Lipinski definition) is 0. The average Bonchev–Trinajstić information content (AvgIpc) is 3.43. The molecular weight excluding hydrogens is 348 g/mol. The number of rotatable bonds is 5. The Kier molecular flexibility index (Phi) is 4.75. The van der Waals surface area contributed by atoms with Gasteiger partial charge >= 0.3 is 0 Å². The zero-order chi connectivity index (χ0) is 19.2. The van der Waals surface area contributed by atoms with Gasteiger partial charge in [-0.25, -0.2) is 0 Å². The Labute approximate surface area is 169 Å². The number of hydrogen-bond acceptors (Lipinski definition) is 3. The van der Waals surface area contributed by atoms with Crippen LogP contribution in [0.2, 0.25) is 0 Å². The van der Waals surface area contributed by atoms with Gasteiger partial charge in [-0.05, 0) is 49.5 Å². The van der Waals surface area contributed by atoms with E-state index in [1.54, 1.807) is 0 Å². The van der Waals surface area contributed by atoms with Crippen LogP contribution in [0.15, 0.2) is 30.3 Å². The van der Waals surface area contributed by atoms with Gasteiger partial charge in [0.05, 0.1) is 12.0 Å². The van der Waals surface area contributed by atoms with Gasteiger partial charge in [-0.1, -0.05) is 36.8 Å². The monoisotopic (exact) mass is 382 g/mol. The molecule has 1 aromatic rings. The Morgan fingerprint density at radius 1 is 1.11 bits per heavy atom. The van der Waals surface area contributed by atoms with E-state index < -0.39 is 0 Å². The van der Waals surface area contributed by atoms with E-state index in [4.69, 9.17) is 4.74 Å². The molecule has 152 valence electrons. The highest BCUT2D eigenvalue weighted by molar-refractivity contribution is 5.91. The highest BCUT2D eigenvalue weighted by atomic mass is 16.5. The predicted octanol–water partition coefficient (Wildman–Crippen LogP) is 3.46. The van der Waals surface area contributed by atoms with Crippen molar-refractivity contribution in [2.24, 2.45) is 11.3 Å². The van der Waals surface area contributed by atoms with Crippen molar-refractivity contribution in [3.05, 3.63) is 35.9 Å². The number of carbonyl (C=O) groups is 1. The molecule has 1 aromatic carbocycles. The fourth-order valence-electron chi connectivity index (χ4n) is 6.07. The summed E-state index contributed by atoms with van der Waals surface area (Å²) in [4.78, 5) is 18.3. The molecule has 2 saturated heterocycles. The van der Waals surface area contributed by atoms with E-state index in [2.05, 4.69) is 34.1 Å². The number of piperidine rings is 1. The third-order valence-electron chi connectivity index (χ3n) is 8.33. The highest BCUT2D eigenvalue weighted by Crippen LogP contribution is 2.52. The van der Waals surface area contributed by atoms with Crippen LogP contribution in [0.4, 0.5) is 0 Å². The number of methoxy groups -OCH3 is 1. The second-order valence-corrected chi connectivity index (χ2v) is 9.77. The lowest BCUT2D eigenvalue weighted by Gasteiger charge is -2.44. The van der Waals surface area contributed by atoms with Crippen LogP contribution >= 0.6 is 0 Å². The van der Waals surface area contributed by atoms with E-state index in [-0.39, 0.29) is 5.41 Å². The summed E-state index contributed by atoms with van der Waals surface area (Å²) in [5.41, 5.74) is 1.35. The summed E-state index contributed by atoms with van der Waals surface area (Å²) in [6, 6.07) is 11.3. The maximum Gasteiger partial charge on any atom is 0.233 e. The van der Waals surface area contributed by atoms with E-state index in [1.165, 1.54) is 37.9 Å². The van der Waals surface area contributed by atoms with Crippen LogP contribution < -0.4 is 0 Å². The molecule has 0 aromatic heterocycles. The molecule has 2 heterocycles. The first kappa shape index (κ1) is 18.6. The van der Waals surface area contributed by atoms with Crippen molar-refractivity contribution in [2.75, 3.05) is 39.9 Å². The lowest BCUT2D eigenvalue weighted by atomic mass is 9.71. The predicted molar refractivity (Wildman–Crippen MR) is 110 cm³/mol. The van der Waals surface area contributed by atoms with Crippen LogP contribution in [0.1, 0.15) is 50.5 Å². The van der Waals surface area contributed by atoms with Crippen molar-refractivity contribution in [3.63, 3.8) is 0 Å². The molecular formula is C24H34N2O2. The molecule has 0 bridgehead atoms. The first-order valence-electron chi connectivity index (χ1n) is 11.2. The Balaban J connectivity index is 1.27. The van der Waals surface area contributed by atoms with Crippen LogP contribution in [-0.2, 0) is 14.9 Å². The van der Waals surface area contributed by atoms with E-state index >= 15 is 0 Å².